The number of carbonyl (C=O) groups is 1. The lowest BCUT2D eigenvalue weighted by Gasteiger charge is -2.38. The first-order valence-corrected chi connectivity index (χ1v) is 9.50. The van der Waals surface area contributed by atoms with Crippen molar-refractivity contribution in [3.63, 3.8) is 0 Å². The normalized spacial score (nSPS) is 25.7. The molecule has 2 aliphatic rings. The number of benzene rings is 1. The van der Waals surface area contributed by atoms with Gasteiger partial charge in [-0.15, -0.1) is 0 Å². The Kier molecular flexibility index (Phi) is 5.89. The second kappa shape index (κ2) is 7.93. The molecule has 6 heteroatoms. The highest BCUT2D eigenvalue weighted by Gasteiger charge is 2.30. The SMILES string of the molecule is C[C@H]1C[C@@H](C(=O)N2CCN(Cc3ccc(Br)c(F)c3)CC2)CCN1. The molecule has 1 amide bonds. The quantitative estimate of drug-likeness (QED) is 0.851. The average molecular weight is 398 g/mol. The van der Waals surface area contributed by atoms with E-state index in [9.17, 15) is 9.18 Å². The van der Waals surface area contributed by atoms with Crippen LogP contribution in [-0.2, 0) is 11.3 Å². The van der Waals surface area contributed by atoms with Gasteiger partial charge < -0.3 is 10.2 Å². The lowest BCUT2D eigenvalue weighted by molar-refractivity contribution is -0.138. The van der Waals surface area contributed by atoms with Crippen LogP contribution in [0.5, 0.6) is 0 Å². The summed E-state index contributed by atoms with van der Waals surface area (Å²) < 4.78 is 14.1. The van der Waals surface area contributed by atoms with E-state index in [4.69, 9.17) is 0 Å². The van der Waals surface area contributed by atoms with Gasteiger partial charge in [0.05, 0.1) is 4.47 Å². The summed E-state index contributed by atoms with van der Waals surface area (Å²) in [5.41, 5.74) is 0.975. The largest absolute Gasteiger partial charge is 0.340 e. The fourth-order valence-corrected chi connectivity index (χ4v) is 3.88. The van der Waals surface area contributed by atoms with Crippen molar-refractivity contribution >= 4 is 21.8 Å². The van der Waals surface area contributed by atoms with Crippen LogP contribution in [-0.4, -0.2) is 54.5 Å². The van der Waals surface area contributed by atoms with Crippen molar-refractivity contribution < 1.29 is 9.18 Å². The number of piperazine rings is 1. The van der Waals surface area contributed by atoms with Crippen molar-refractivity contribution in [1.29, 1.82) is 0 Å². The minimum atomic E-state index is -0.221. The van der Waals surface area contributed by atoms with E-state index >= 15 is 0 Å². The van der Waals surface area contributed by atoms with Crippen molar-refractivity contribution in [3.05, 3.63) is 34.1 Å². The summed E-state index contributed by atoms with van der Waals surface area (Å²) in [6.45, 7) is 7.07. The molecule has 0 radical (unpaired) electrons. The number of hydrogen-bond acceptors (Lipinski definition) is 3. The standard InChI is InChI=1S/C18H25BrFN3O/c1-13-10-15(4-5-21-13)18(24)23-8-6-22(7-9-23)12-14-2-3-16(19)17(20)11-14/h2-3,11,13,15,21H,4-10,12H2,1H3/t13-,15-/m0/s1. The van der Waals surface area contributed by atoms with Crippen LogP contribution in [0.4, 0.5) is 4.39 Å². The van der Waals surface area contributed by atoms with Crippen molar-refractivity contribution in [2.45, 2.75) is 32.4 Å². The molecular formula is C18H25BrFN3O. The maximum absolute atomic E-state index is 13.6. The second-order valence-electron chi connectivity index (χ2n) is 6.93. The Bertz CT molecular complexity index is 590. The maximum atomic E-state index is 13.6. The molecule has 2 heterocycles. The summed E-state index contributed by atoms with van der Waals surface area (Å²) in [5, 5.41) is 3.40. The van der Waals surface area contributed by atoms with Gasteiger partial charge in [-0.2, -0.15) is 0 Å². The molecule has 2 aliphatic heterocycles. The van der Waals surface area contributed by atoms with E-state index in [0.717, 1.165) is 57.7 Å². The van der Waals surface area contributed by atoms with E-state index in [1.807, 2.05) is 11.0 Å². The predicted octanol–water partition coefficient (Wildman–Crippen LogP) is 2.62. The molecule has 0 aromatic heterocycles. The van der Waals surface area contributed by atoms with Crippen LogP contribution in [0, 0.1) is 11.7 Å². The number of nitrogens with zero attached hydrogens (tertiary/aromatic N) is 2. The summed E-state index contributed by atoms with van der Waals surface area (Å²) >= 11 is 3.18. The Hall–Kier alpha value is -0.980. The van der Waals surface area contributed by atoms with E-state index in [-0.39, 0.29) is 11.7 Å². The van der Waals surface area contributed by atoms with E-state index in [2.05, 4.69) is 33.1 Å². The van der Waals surface area contributed by atoms with Crippen LogP contribution in [0.1, 0.15) is 25.3 Å². The smallest absolute Gasteiger partial charge is 0.225 e. The highest BCUT2D eigenvalue weighted by molar-refractivity contribution is 9.10. The second-order valence-corrected chi connectivity index (χ2v) is 7.78. The summed E-state index contributed by atoms with van der Waals surface area (Å²) in [5.74, 6) is 0.271. The number of nitrogens with one attached hydrogen (secondary N) is 1. The molecular weight excluding hydrogens is 373 g/mol. The van der Waals surface area contributed by atoms with Gasteiger partial charge in [-0.1, -0.05) is 6.07 Å². The number of carbonyl (C=O) groups excluding carboxylic acids is 1. The zero-order valence-electron chi connectivity index (χ0n) is 14.1. The molecule has 0 unspecified atom stereocenters. The summed E-state index contributed by atoms with van der Waals surface area (Å²) in [6, 6.07) is 5.71. The topological polar surface area (TPSA) is 35.6 Å². The molecule has 1 aromatic carbocycles. The van der Waals surface area contributed by atoms with Crippen molar-refractivity contribution in [2.24, 2.45) is 5.92 Å². The molecule has 4 nitrogen and oxygen atoms in total. The number of piperidine rings is 1. The van der Waals surface area contributed by atoms with Gasteiger partial charge in [-0.25, -0.2) is 4.39 Å². The molecule has 1 N–H and O–H groups in total. The van der Waals surface area contributed by atoms with Gasteiger partial charge >= 0.3 is 0 Å². The highest BCUT2D eigenvalue weighted by atomic mass is 79.9. The van der Waals surface area contributed by atoms with E-state index in [1.54, 1.807) is 12.1 Å². The molecule has 2 saturated heterocycles. The van der Waals surface area contributed by atoms with Gasteiger partial charge in [0.25, 0.3) is 0 Å². The lowest BCUT2D eigenvalue weighted by atomic mass is 9.92. The average Bonchev–Trinajstić information content (AvgIpc) is 2.58. The highest BCUT2D eigenvalue weighted by Crippen LogP contribution is 2.21. The van der Waals surface area contributed by atoms with Crippen LogP contribution < -0.4 is 5.32 Å². The first-order chi connectivity index (χ1) is 11.5. The van der Waals surface area contributed by atoms with Crippen molar-refractivity contribution in [3.8, 4) is 0 Å². The molecule has 0 spiro atoms. The van der Waals surface area contributed by atoms with Crippen LogP contribution >= 0.6 is 15.9 Å². The molecule has 1 aromatic rings. The summed E-state index contributed by atoms with van der Waals surface area (Å²) in [4.78, 5) is 17.0. The molecule has 2 atom stereocenters. The lowest BCUT2D eigenvalue weighted by Crippen LogP contribution is -2.51. The minimum Gasteiger partial charge on any atom is -0.340 e. The number of rotatable bonds is 3. The third-order valence-corrected chi connectivity index (χ3v) is 5.69. The number of hydrogen-bond donors (Lipinski definition) is 1. The maximum Gasteiger partial charge on any atom is 0.225 e. The molecule has 24 heavy (non-hydrogen) atoms. The first-order valence-electron chi connectivity index (χ1n) is 8.71. The third kappa shape index (κ3) is 4.35. The van der Waals surface area contributed by atoms with Crippen molar-refractivity contribution in [2.75, 3.05) is 32.7 Å². The molecule has 3 rings (SSSR count). The van der Waals surface area contributed by atoms with Crippen LogP contribution in [0.2, 0.25) is 0 Å². The Labute approximate surface area is 151 Å². The molecule has 0 bridgehead atoms. The Morgan fingerprint density at radius 2 is 2.08 bits per heavy atom. The predicted molar refractivity (Wildman–Crippen MR) is 96.1 cm³/mol. The minimum absolute atomic E-state index is 0.174. The van der Waals surface area contributed by atoms with Gasteiger partial charge in [-0.3, -0.25) is 9.69 Å². The zero-order chi connectivity index (χ0) is 17.1. The number of halogens is 2. The molecule has 0 saturated carbocycles. The third-order valence-electron chi connectivity index (χ3n) is 5.05. The molecule has 132 valence electrons. The summed E-state index contributed by atoms with van der Waals surface area (Å²) in [6.07, 6.45) is 1.89. The van der Waals surface area contributed by atoms with Crippen LogP contribution in [0.15, 0.2) is 22.7 Å². The van der Waals surface area contributed by atoms with Crippen LogP contribution in [0.3, 0.4) is 0 Å². The zero-order valence-corrected chi connectivity index (χ0v) is 15.7. The van der Waals surface area contributed by atoms with E-state index in [1.165, 1.54) is 0 Å². The van der Waals surface area contributed by atoms with Gasteiger partial charge in [0.15, 0.2) is 0 Å². The molecule has 2 fully saturated rings. The Balaban J connectivity index is 1.50. The monoisotopic (exact) mass is 397 g/mol. The van der Waals surface area contributed by atoms with Gasteiger partial charge in [0, 0.05) is 44.7 Å². The van der Waals surface area contributed by atoms with Gasteiger partial charge in [0.2, 0.25) is 5.91 Å². The van der Waals surface area contributed by atoms with Crippen molar-refractivity contribution in [1.82, 2.24) is 15.1 Å². The first kappa shape index (κ1) is 17.8. The Morgan fingerprint density at radius 3 is 2.75 bits per heavy atom. The Morgan fingerprint density at radius 1 is 1.33 bits per heavy atom. The van der Waals surface area contributed by atoms with E-state index < -0.39 is 0 Å². The fraction of sp³-hybridized carbons (Fsp3) is 0.611. The van der Waals surface area contributed by atoms with Crippen LogP contribution in [0.25, 0.3) is 0 Å². The van der Waals surface area contributed by atoms with Gasteiger partial charge in [0.1, 0.15) is 5.82 Å². The number of amides is 1. The van der Waals surface area contributed by atoms with E-state index in [0.29, 0.717) is 16.4 Å². The fourth-order valence-electron chi connectivity index (χ4n) is 3.64. The van der Waals surface area contributed by atoms with Gasteiger partial charge in [-0.05, 0) is 59.9 Å². The summed E-state index contributed by atoms with van der Waals surface area (Å²) in [7, 11) is 0. The molecule has 0 aliphatic carbocycles.